The van der Waals surface area contributed by atoms with E-state index in [4.69, 9.17) is 28.9 Å². The van der Waals surface area contributed by atoms with Crippen LogP contribution in [0.1, 0.15) is 48.4 Å². The number of amides is 1. The highest BCUT2D eigenvalue weighted by Gasteiger charge is 2.54. The van der Waals surface area contributed by atoms with Crippen LogP contribution in [0.4, 0.5) is 0 Å². The van der Waals surface area contributed by atoms with Gasteiger partial charge in [-0.2, -0.15) is 0 Å². The van der Waals surface area contributed by atoms with Crippen molar-refractivity contribution < 1.29 is 4.79 Å². The van der Waals surface area contributed by atoms with Gasteiger partial charge in [0, 0.05) is 34.5 Å². The van der Waals surface area contributed by atoms with Gasteiger partial charge in [-0.25, -0.2) is 0 Å². The van der Waals surface area contributed by atoms with Crippen LogP contribution < -0.4 is 5.73 Å². The van der Waals surface area contributed by atoms with Crippen LogP contribution in [0.15, 0.2) is 73.1 Å². The van der Waals surface area contributed by atoms with Crippen LogP contribution >= 0.6 is 23.2 Å². The minimum Gasteiger partial charge on any atom is -0.369 e. The Kier molecular flexibility index (Phi) is 5.70. The third kappa shape index (κ3) is 3.51. The van der Waals surface area contributed by atoms with E-state index in [2.05, 4.69) is 22.0 Å². The zero-order chi connectivity index (χ0) is 22.3. The minimum absolute atomic E-state index is 0.0850. The van der Waals surface area contributed by atoms with Crippen molar-refractivity contribution in [1.29, 1.82) is 0 Å². The lowest BCUT2D eigenvalue weighted by molar-refractivity contribution is -0.127. The summed E-state index contributed by atoms with van der Waals surface area (Å²) in [5.41, 5.74) is 8.41. The van der Waals surface area contributed by atoms with Gasteiger partial charge in [0.2, 0.25) is 5.91 Å². The first-order chi connectivity index (χ1) is 15.5. The standard InChI is InChI=1S/C26H25Cl2N3O/c27-22-7-3-1-5-20(22)24(21-6-2-4-8-23(21)28)31-18-9-10-19(31)16-26(15-18,25(29)32)17-11-13-30-14-12-17/h1-8,11-14,18-19,24H,9-10,15-16H2,(H2,29,32)/t18-,19+,26?. The van der Waals surface area contributed by atoms with Crippen molar-refractivity contribution in [2.24, 2.45) is 5.73 Å². The maximum absolute atomic E-state index is 12.9. The van der Waals surface area contributed by atoms with Crippen molar-refractivity contribution in [3.8, 4) is 0 Å². The van der Waals surface area contributed by atoms with Crippen molar-refractivity contribution in [3.05, 3.63) is 99.8 Å². The number of halogens is 2. The summed E-state index contributed by atoms with van der Waals surface area (Å²) < 4.78 is 0. The van der Waals surface area contributed by atoms with Gasteiger partial charge in [0.25, 0.3) is 0 Å². The van der Waals surface area contributed by atoms with Crippen LogP contribution in [-0.4, -0.2) is 27.9 Å². The van der Waals surface area contributed by atoms with E-state index >= 15 is 0 Å². The summed E-state index contributed by atoms with van der Waals surface area (Å²) in [5.74, 6) is -0.257. The van der Waals surface area contributed by atoms with E-state index in [0.717, 1.165) is 39.6 Å². The molecule has 0 aliphatic carbocycles. The smallest absolute Gasteiger partial charge is 0.228 e. The number of piperidine rings is 1. The Balaban J connectivity index is 1.60. The molecule has 2 fully saturated rings. The molecule has 0 radical (unpaired) electrons. The molecule has 3 aromatic rings. The fraction of sp³-hybridized carbons (Fsp3) is 0.308. The molecular formula is C26H25Cl2N3O. The summed E-state index contributed by atoms with van der Waals surface area (Å²) in [6.45, 7) is 0. The zero-order valence-electron chi connectivity index (χ0n) is 17.6. The van der Waals surface area contributed by atoms with Crippen LogP contribution in [0, 0.1) is 0 Å². The summed E-state index contributed by atoms with van der Waals surface area (Å²) >= 11 is 13.4. The average molecular weight is 466 g/mol. The Morgan fingerprint density at radius 3 is 1.88 bits per heavy atom. The third-order valence-electron chi connectivity index (χ3n) is 7.25. The summed E-state index contributed by atoms with van der Waals surface area (Å²) in [6, 6.07) is 20.1. The Morgan fingerprint density at radius 2 is 1.41 bits per heavy atom. The molecule has 2 aliphatic heterocycles. The Morgan fingerprint density at radius 1 is 0.906 bits per heavy atom. The van der Waals surface area contributed by atoms with Crippen molar-refractivity contribution in [2.45, 2.75) is 49.2 Å². The summed E-state index contributed by atoms with van der Waals surface area (Å²) in [4.78, 5) is 19.5. The van der Waals surface area contributed by atoms with Gasteiger partial charge in [-0.15, -0.1) is 0 Å². The molecule has 6 heteroatoms. The SMILES string of the molecule is NC(=O)C1(c2ccncc2)C[C@H]2CC[C@@H](C1)N2C(c1ccccc1Cl)c1ccccc1Cl. The van der Waals surface area contributed by atoms with Crippen LogP contribution in [0.3, 0.4) is 0 Å². The van der Waals surface area contributed by atoms with Crippen molar-refractivity contribution in [3.63, 3.8) is 0 Å². The van der Waals surface area contributed by atoms with Crippen LogP contribution in [0.5, 0.6) is 0 Å². The van der Waals surface area contributed by atoms with Crippen LogP contribution in [0.2, 0.25) is 10.0 Å². The van der Waals surface area contributed by atoms with E-state index in [0.29, 0.717) is 12.8 Å². The van der Waals surface area contributed by atoms with E-state index in [-0.39, 0.29) is 24.0 Å². The maximum Gasteiger partial charge on any atom is 0.228 e. The van der Waals surface area contributed by atoms with Crippen LogP contribution in [-0.2, 0) is 10.2 Å². The number of aromatic nitrogens is 1. The molecule has 4 nitrogen and oxygen atoms in total. The number of nitrogens with two attached hydrogens (primary N) is 1. The highest BCUT2D eigenvalue weighted by Crippen LogP contribution is 2.52. The van der Waals surface area contributed by atoms with Gasteiger partial charge < -0.3 is 5.73 Å². The molecule has 2 aromatic carbocycles. The second-order valence-corrected chi connectivity index (χ2v) is 9.68. The average Bonchev–Trinajstić information content (AvgIpc) is 3.06. The molecule has 0 saturated carbocycles. The molecule has 1 aromatic heterocycles. The highest BCUT2D eigenvalue weighted by molar-refractivity contribution is 6.32. The first-order valence-corrected chi connectivity index (χ1v) is 11.7. The second-order valence-electron chi connectivity index (χ2n) is 8.87. The topological polar surface area (TPSA) is 59.2 Å². The number of fused-ring (bicyclic) bond motifs is 2. The second kappa shape index (κ2) is 8.51. The van der Waals surface area contributed by atoms with E-state index in [1.54, 1.807) is 12.4 Å². The molecule has 32 heavy (non-hydrogen) atoms. The minimum atomic E-state index is -0.684. The van der Waals surface area contributed by atoms with E-state index in [1.807, 2.05) is 48.5 Å². The number of benzene rings is 2. The summed E-state index contributed by atoms with van der Waals surface area (Å²) in [5, 5.41) is 1.44. The van der Waals surface area contributed by atoms with Gasteiger partial charge in [0.15, 0.2) is 0 Å². The molecule has 2 bridgehead atoms. The van der Waals surface area contributed by atoms with E-state index in [9.17, 15) is 4.79 Å². The lowest BCUT2D eigenvalue weighted by Crippen LogP contribution is -2.55. The predicted octanol–water partition coefficient (Wildman–Crippen LogP) is 5.53. The molecule has 1 unspecified atom stereocenters. The number of carbonyl (C=O) groups excluding carboxylic acids is 1. The Bertz CT molecular complexity index is 1080. The fourth-order valence-corrected chi connectivity index (χ4v) is 6.32. The highest BCUT2D eigenvalue weighted by atomic mass is 35.5. The van der Waals surface area contributed by atoms with Gasteiger partial charge >= 0.3 is 0 Å². The molecule has 1 amide bonds. The quantitative estimate of drug-likeness (QED) is 0.538. The molecule has 3 heterocycles. The summed E-state index contributed by atoms with van der Waals surface area (Å²) in [7, 11) is 0. The van der Waals surface area contributed by atoms with Crippen molar-refractivity contribution in [2.75, 3.05) is 0 Å². The number of carbonyl (C=O) groups is 1. The Labute approximate surface area is 198 Å². The monoisotopic (exact) mass is 465 g/mol. The lowest BCUT2D eigenvalue weighted by atomic mass is 9.69. The van der Waals surface area contributed by atoms with Gasteiger partial charge in [0.05, 0.1) is 11.5 Å². The number of pyridine rings is 1. The maximum atomic E-state index is 12.9. The summed E-state index contributed by atoms with van der Waals surface area (Å²) in [6.07, 6.45) is 6.85. The van der Waals surface area contributed by atoms with Gasteiger partial charge in [-0.1, -0.05) is 59.6 Å². The zero-order valence-corrected chi connectivity index (χ0v) is 19.1. The largest absolute Gasteiger partial charge is 0.369 e. The molecular weight excluding hydrogens is 441 g/mol. The number of nitrogens with zero attached hydrogens (tertiary/aromatic N) is 2. The van der Waals surface area contributed by atoms with Crippen molar-refractivity contribution >= 4 is 29.1 Å². The number of primary amides is 1. The lowest BCUT2D eigenvalue weighted by Gasteiger charge is -2.48. The third-order valence-corrected chi connectivity index (χ3v) is 7.94. The molecule has 3 atom stereocenters. The first kappa shape index (κ1) is 21.4. The fourth-order valence-electron chi connectivity index (χ4n) is 5.84. The van der Waals surface area contributed by atoms with Gasteiger partial charge in [-0.05, 0) is 66.6 Å². The number of rotatable bonds is 5. The molecule has 164 valence electrons. The molecule has 5 rings (SSSR count). The number of hydrogen-bond acceptors (Lipinski definition) is 3. The molecule has 2 N–H and O–H groups in total. The van der Waals surface area contributed by atoms with E-state index in [1.165, 1.54) is 0 Å². The first-order valence-electron chi connectivity index (χ1n) is 11.0. The van der Waals surface area contributed by atoms with Crippen LogP contribution in [0.25, 0.3) is 0 Å². The normalized spacial score (nSPS) is 25.2. The Hall–Kier alpha value is -2.40. The van der Waals surface area contributed by atoms with Gasteiger partial charge in [0.1, 0.15) is 0 Å². The molecule has 0 spiro atoms. The van der Waals surface area contributed by atoms with E-state index < -0.39 is 5.41 Å². The van der Waals surface area contributed by atoms with Crippen molar-refractivity contribution in [1.82, 2.24) is 9.88 Å². The van der Waals surface area contributed by atoms with Gasteiger partial charge in [-0.3, -0.25) is 14.7 Å². The predicted molar refractivity (Wildman–Crippen MR) is 128 cm³/mol. The number of hydrogen-bond donors (Lipinski definition) is 1. The molecule has 2 aliphatic rings. The molecule has 2 saturated heterocycles.